The summed E-state index contributed by atoms with van der Waals surface area (Å²) < 4.78 is 0. The van der Waals surface area contributed by atoms with Crippen LogP contribution in [-0.4, -0.2) is 22.9 Å². The molecule has 3 N–H and O–H groups in total. The topological polar surface area (TPSA) is 67.5 Å². The van der Waals surface area contributed by atoms with Crippen LogP contribution in [0.2, 0.25) is 0 Å². The second-order valence-corrected chi connectivity index (χ2v) is 5.93. The Balaban J connectivity index is 1.61. The first-order chi connectivity index (χ1) is 8.72. The Kier molecular flexibility index (Phi) is 2.99. The summed E-state index contributed by atoms with van der Waals surface area (Å²) in [6.45, 7) is 0.928. The van der Waals surface area contributed by atoms with Gasteiger partial charge in [0.1, 0.15) is 0 Å². The van der Waals surface area contributed by atoms with Gasteiger partial charge >= 0.3 is 0 Å². The van der Waals surface area contributed by atoms with Gasteiger partial charge in [-0.2, -0.15) is 0 Å². The lowest BCUT2D eigenvalue weighted by atomic mass is 10.2. The van der Waals surface area contributed by atoms with E-state index in [9.17, 15) is 4.79 Å². The number of benzene rings is 1. The number of primary amides is 1. The summed E-state index contributed by atoms with van der Waals surface area (Å²) in [4.78, 5) is 15.5. The molecule has 0 radical (unpaired) electrons. The van der Waals surface area contributed by atoms with Gasteiger partial charge in [0.15, 0.2) is 5.17 Å². The van der Waals surface area contributed by atoms with Crippen molar-refractivity contribution in [2.24, 2.45) is 16.6 Å². The molecule has 0 aromatic heterocycles. The van der Waals surface area contributed by atoms with Gasteiger partial charge in [-0.15, -0.1) is 0 Å². The average Bonchev–Trinajstić information content (AvgIpc) is 3.11. The number of hydrogen-bond donors (Lipinski definition) is 2. The molecular weight excluding hydrogens is 246 g/mol. The Bertz CT molecular complexity index is 493. The number of nitrogens with zero attached hydrogens (tertiary/aromatic N) is 1. The highest BCUT2D eigenvalue weighted by molar-refractivity contribution is 8.15. The fourth-order valence-electron chi connectivity index (χ4n) is 2.01. The van der Waals surface area contributed by atoms with Gasteiger partial charge in [-0.1, -0.05) is 11.8 Å². The van der Waals surface area contributed by atoms with Crippen LogP contribution in [-0.2, 0) is 0 Å². The van der Waals surface area contributed by atoms with Crippen LogP contribution in [0.15, 0.2) is 29.3 Å². The van der Waals surface area contributed by atoms with Crippen molar-refractivity contribution >= 4 is 28.5 Å². The zero-order valence-corrected chi connectivity index (χ0v) is 10.7. The predicted molar refractivity (Wildman–Crippen MR) is 75.0 cm³/mol. The molecule has 94 valence electrons. The van der Waals surface area contributed by atoms with Crippen molar-refractivity contribution in [1.29, 1.82) is 0 Å². The van der Waals surface area contributed by atoms with Crippen LogP contribution in [0, 0.1) is 5.92 Å². The average molecular weight is 261 g/mol. The third-order valence-electron chi connectivity index (χ3n) is 3.25. The summed E-state index contributed by atoms with van der Waals surface area (Å²) in [6, 6.07) is 7.16. The first-order valence-corrected chi connectivity index (χ1v) is 6.98. The highest BCUT2D eigenvalue weighted by Crippen LogP contribution is 2.41. The number of amidine groups is 1. The van der Waals surface area contributed by atoms with E-state index in [2.05, 4.69) is 10.3 Å². The maximum atomic E-state index is 11.0. The molecule has 1 heterocycles. The van der Waals surface area contributed by atoms with Crippen molar-refractivity contribution in [3.63, 3.8) is 0 Å². The number of nitrogens with two attached hydrogens (primary N) is 1. The molecule has 4 nitrogen and oxygen atoms in total. The van der Waals surface area contributed by atoms with E-state index in [4.69, 9.17) is 5.73 Å². The van der Waals surface area contributed by atoms with Crippen molar-refractivity contribution in [3.8, 4) is 0 Å². The fraction of sp³-hybridized carbons (Fsp3) is 0.385. The SMILES string of the molecule is NC(=O)c1ccc(NC2=NCC(C3CC3)S2)cc1. The standard InChI is InChI=1S/C13H15N3OS/c14-12(17)9-3-5-10(6-4-9)16-13-15-7-11(18-13)8-1-2-8/h3-6,8,11H,1-2,7H2,(H2,14,17)(H,15,16). The van der Waals surface area contributed by atoms with Crippen molar-refractivity contribution < 1.29 is 4.79 Å². The summed E-state index contributed by atoms with van der Waals surface area (Å²) in [7, 11) is 0. The van der Waals surface area contributed by atoms with Crippen LogP contribution in [0.4, 0.5) is 5.69 Å². The van der Waals surface area contributed by atoms with Crippen LogP contribution >= 0.6 is 11.8 Å². The molecule has 1 aliphatic heterocycles. The summed E-state index contributed by atoms with van der Waals surface area (Å²) in [5.41, 5.74) is 6.67. The van der Waals surface area contributed by atoms with Crippen LogP contribution in [0.3, 0.4) is 0 Å². The van der Waals surface area contributed by atoms with Gasteiger partial charge in [0.05, 0.1) is 6.54 Å². The quantitative estimate of drug-likeness (QED) is 0.875. The Hall–Kier alpha value is -1.49. The smallest absolute Gasteiger partial charge is 0.248 e. The Morgan fingerprint density at radius 3 is 2.67 bits per heavy atom. The summed E-state index contributed by atoms with van der Waals surface area (Å²) in [6.07, 6.45) is 2.71. The van der Waals surface area contributed by atoms with Gasteiger partial charge in [-0.05, 0) is 43.0 Å². The molecule has 0 saturated heterocycles. The van der Waals surface area contributed by atoms with Gasteiger partial charge in [0.2, 0.25) is 5.91 Å². The highest BCUT2D eigenvalue weighted by Gasteiger charge is 2.35. The molecule has 5 heteroatoms. The molecule has 0 bridgehead atoms. The molecular formula is C13H15N3OS. The number of carbonyl (C=O) groups excluding carboxylic acids is 1. The van der Waals surface area contributed by atoms with E-state index in [1.54, 1.807) is 12.1 Å². The number of thioether (sulfide) groups is 1. The lowest BCUT2D eigenvalue weighted by Gasteiger charge is -2.08. The third kappa shape index (κ3) is 2.51. The van der Waals surface area contributed by atoms with Crippen molar-refractivity contribution in [2.45, 2.75) is 18.1 Å². The highest BCUT2D eigenvalue weighted by atomic mass is 32.2. The zero-order valence-electron chi connectivity index (χ0n) is 9.93. The number of rotatable bonds is 3. The molecule has 0 spiro atoms. The van der Waals surface area contributed by atoms with Crippen LogP contribution in [0.1, 0.15) is 23.2 Å². The Labute approximate surface area is 110 Å². The van der Waals surface area contributed by atoms with Crippen molar-refractivity contribution in [3.05, 3.63) is 29.8 Å². The predicted octanol–water partition coefficient (Wildman–Crippen LogP) is 2.08. The summed E-state index contributed by atoms with van der Waals surface area (Å²) in [5.74, 6) is 0.471. The number of carbonyl (C=O) groups is 1. The van der Waals surface area contributed by atoms with Gasteiger partial charge in [-0.25, -0.2) is 0 Å². The second-order valence-electron chi connectivity index (χ2n) is 4.71. The van der Waals surface area contributed by atoms with E-state index < -0.39 is 5.91 Å². The number of anilines is 1. The van der Waals surface area contributed by atoms with Gasteiger partial charge < -0.3 is 11.1 Å². The van der Waals surface area contributed by atoms with Gasteiger partial charge in [0.25, 0.3) is 0 Å². The normalized spacial score (nSPS) is 22.7. The maximum Gasteiger partial charge on any atom is 0.248 e. The molecule has 1 aromatic carbocycles. The largest absolute Gasteiger partial charge is 0.366 e. The maximum absolute atomic E-state index is 11.0. The molecule has 2 aliphatic rings. The van der Waals surface area contributed by atoms with E-state index >= 15 is 0 Å². The molecule has 1 aliphatic carbocycles. The molecule has 3 rings (SSSR count). The van der Waals surface area contributed by atoms with E-state index in [0.29, 0.717) is 10.8 Å². The first kappa shape index (κ1) is 11.6. The Morgan fingerprint density at radius 1 is 1.33 bits per heavy atom. The number of hydrogen-bond acceptors (Lipinski definition) is 4. The van der Waals surface area contributed by atoms with Gasteiger partial charge in [0, 0.05) is 16.5 Å². The lowest BCUT2D eigenvalue weighted by Crippen LogP contribution is -2.11. The second kappa shape index (κ2) is 4.65. The molecule has 1 amide bonds. The minimum atomic E-state index is -0.400. The number of amides is 1. The van der Waals surface area contributed by atoms with Crippen molar-refractivity contribution in [1.82, 2.24) is 0 Å². The summed E-state index contributed by atoms with van der Waals surface area (Å²) in [5, 5.41) is 4.93. The molecule has 1 aromatic rings. The molecule has 1 fully saturated rings. The first-order valence-electron chi connectivity index (χ1n) is 6.10. The minimum absolute atomic E-state index is 0.400. The number of aliphatic imine (C=N–C) groups is 1. The minimum Gasteiger partial charge on any atom is -0.366 e. The Morgan fingerprint density at radius 2 is 2.06 bits per heavy atom. The van der Waals surface area contributed by atoms with Crippen molar-refractivity contribution in [2.75, 3.05) is 11.9 Å². The van der Waals surface area contributed by atoms with Crippen LogP contribution in [0.25, 0.3) is 0 Å². The molecule has 18 heavy (non-hydrogen) atoms. The summed E-state index contributed by atoms with van der Waals surface area (Å²) >= 11 is 1.83. The molecule has 1 atom stereocenters. The third-order valence-corrected chi connectivity index (χ3v) is 4.54. The van der Waals surface area contributed by atoms with E-state index in [1.165, 1.54) is 12.8 Å². The van der Waals surface area contributed by atoms with E-state index in [-0.39, 0.29) is 0 Å². The fourth-order valence-corrected chi connectivity index (χ4v) is 3.24. The van der Waals surface area contributed by atoms with Crippen LogP contribution < -0.4 is 11.1 Å². The molecule has 1 unspecified atom stereocenters. The lowest BCUT2D eigenvalue weighted by molar-refractivity contribution is 0.100. The monoisotopic (exact) mass is 261 g/mol. The van der Waals surface area contributed by atoms with Crippen LogP contribution in [0.5, 0.6) is 0 Å². The number of nitrogens with one attached hydrogen (secondary N) is 1. The van der Waals surface area contributed by atoms with E-state index in [1.807, 2.05) is 23.9 Å². The van der Waals surface area contributed by atoms with E-state index in [0.717, 1.165) is 23.3 Å². The van der Waals surface area contributed by atoms with Gasteiger partial charge in [-0.3, -0.25) is 9.79 Å². The molecule has 1 saturated carbocycles. The zero-order chi connectivity index (χ0) is 12.5.